The van der Waals surface area contributed by atoms with E-state index in [4.69, 9.17) is 9.72 Å². The van der Waals surface area contributed by atoms with Crippen molar-refractivity contribution >= 4 is 39.5 Å². The van der Waals surface area contributed by atoms with Gasteiger partial charge < -0.3 is 19.5 Å². The van der Waals surface area contributed by atoms with Crippen LogP contribution in [0.5, 0.6) is 11.5 Å². The van der Waals surface area contributed by atoms with Gasteiger partial charge in [-0.3, -0.25) is 0 Å². The van der Waals surface area contributed by atoms with Crippen LogP contribution >= 0.6 is 0 Å². The second kappa shape index (κ2) is 9.07. The Labute approximate surface area is 209 Å². The number of fused-ring (bicyclic) bond motifs is 2. The van der Waals surface area contributed by atoms with Crippen molar-refractivity contribution in [2.24, 2.45) is 7.05 Å². The van der Waals surface area contributed by atoms with E-state index in [1.165, 1.54) is 32.0 Å². The molecule has 182 valence electrons. The van der Waals surface area contributed by atoms with Gasteiger partial charge in [0.25, 0.3) is 0 Å². The van der Waals surface area contributed by atoms with Gasteiger partial charge in [0.05, 0.1) is 23.6 Å². The molecule has 0 spiro atoms. The number of benzene rings is 2. The molecule has 3 heterocycles. The number of aryl methyl sites for hydroxylation is 2. The fraction of sp³-hybridized carbons (Fsp3) is 0.296. The minimum absolute atomic E-state index is 0.483. The molecule has 1 aliphatic carbocycles. The lowest BCUT2D eigenvalue weighted by molar-refractivity contribution is 0.479. The zero-order chi connectivity index (χ0) is 24.6. The molecule has 3 aromatic heterocycles. The van der Waals surface area contributed by atoms with E-state index in [9.17, 15) is 0 Å². The van der Waals surface area contributed by atoms with E-state index >= 15 is 0 Å². The van der Waals surface area contributed by atoms with Gasteiger partial charge in [0.1, 0.15) is 28.9 Å². The van der Waals surface area contributed by atoms with Gasteiger partial charge in [0.15, 0.2) is 5.82 Å². The molecule has 9 heteroatoms. The van der Waals surface area contributed by atoms with Crippen LogP contribution in [0, 0.1) is 6.92 Å². The highest BCUT2D eigenvalue weighted by Gasteiger charge is 2.22. The van der Waals surface area contributed by atoms with Crippen LogP contribution < -0.4 is 15.0 Å². The highest BCUT2D eigenvalue weighted by Crippen LogP contribution is 2.31. The number of nitrogens with one attached hydrogen (secondary N) is 1. The van der Waals surface area contributed by atoms with Gasteiger partial charge in [-0.2, -0.15) is 0 Å². The predicted octanol–water partition coefficient (Wildman–Crippen LogP) is 5.53. The third kappa shape index (κ3) is 4.17. The summed E-state index contributed by atoms with van der Waals surface area (Å²) in [6.07, 6.45) is 9.99. The largest absolute Gasteiger partial charge is 0.457 e. The molecule has 0 radical (unpaired) electrons. The molecule has 1 fully saturated rings. The summed E-state index contributed by atoms with van der Waals surface area (Å²) in [6.45, 7) is 2.02. The highest BCUT2D eigenvalue weighted by molar-refractivity contribution is 5.87. The van der Waals surface area contributed by atoms with Gasteiger partial charge in [0, 0.05) is 31.9 Å². The molecule has 6 rings (SSSR count). The van der Waals surface area contributed by atoms with Crippen LogP contribution in [0.1, 0.15) is 31.2 Å². The van der Waals surface area contributed by atoms with Crippen LogP contribution in [0.4, 0.5) is 17.5 Å². The van der Waals surface area contributed by atoms with E-state index in [0.29, 0.717) is 28.8 Å². The van der Waals surface area contributed by atoms with Crippen molar-refractivity contribution in [3.63, 3.8) is 0 Å². The van der Waals surface area contributed by atoms with E-state index < -0.39 is 0 Å². The molecular formula is C27H28N8O. The quantitative estimate of drug-likeness (QED) is 0.339. The Morgan fingerprint density at radius 2 is 1.86 bits per heavy atom. The number of nitrogens with zero attached hydrogens (tertiary/aromatic N) is 7. The van der Waals surface area contributed by atoms with Crippen molar-refractivity contribution in [2.75, 3.05) is 17.3 Å². The van der Waals surface area contributed by atoms with Crippen LogP contribution in [0.25, 0.3) is 22.1 Å². The van der Waals surface area contributed by atoms with Gasteiger partial charge in [-0.05, 0) is 55.7 Å². The molecule has 0 bridgehead atoms. The normalized spacial score (nSPS) is 14.0. The van der Waals surface area contributed by atoms with Crippen molar-refractivity contribution in [3.05, 3.63) is 60.8 Å². The first-order chi connectivity index (χ1) is 17.5. The lowest BCUT2D eigenvalue weighted by Gasteiger charge is -2.24. The molecule has 0 amide bonds. The number of imidazole rings is 1. The number of anilines is 3. The minimum Gasteiger partial charge on any atom is -0.457 e. The lowest BCUT2D eigenvalue weighted by Crippen LogP contribution is -2.30. The average molecular weight is 481 g/mol. The summed E-state index contributed by atoms with van der Waals surface area (Å²) < 4.78 is 8.15. The van der Waals surface area contributed by atoms with Crippen molar-refractivity contribution in [2.45, 2.75) is 38.6 Å². The first kappa shape index (κ1) is 22.2. The van der Waals surface area contributed by atoms with Crippen LogP contribution in [-0.4, -0.2) is 42.6 Å². The first-order valence-corrected chi connectivity index (χ1v) is 12.2. The lowest BCUT2D eigenvalue weighted by atomic mass is 10.2. The summed E-state index contributed by atoms with van der Waals surface area (Å²) in [5.41, 5.74) is 5.27. The Bertz CT molecular complexity index is 1560. The van der Waals surface area contributed by atoms with E-state index in [1.54, 1.807) is 12.5 Å². The Kier molecular flexibility index (Phi) is 5.59. The molecule has 0 saturated heterocycles. The summed E-state index contributed by atoms with van der Waals surface area (Å²) in [7, 11) is 4.05. The van der Waals surface area contributed by atoms with Gasteiger partial charge >= 0.3 is 0 Å². The third-order valence-electron chi connectivity index (χ3n) is 6.91. The zero-order valence-corrected chi connectivity index (χ0v) is 20.6. The average Bonchev–Trinajstić information content (AvgIpc) is 3.56. The van der Waals surface area contributed by atoms with Crippen molar-refractivity contribution in [3.8, 4) is 11.5 Å². The maximum absolute atomic E-state index is 6.16. The number of aromatic nitrogens is 6. The number of ether oxygens (including phenoxy) is 1. The molecule has 5 aromatic rings. The van der Waals surface area contributed by atoms with Crippen LogP contribution in [0.15, 0.2) is 55.2 Å². The Balaban J connectivity index is 1.24. The van der Waals surface area contributed by atoms with E-state index in [-0.39, 0.29) is 0 Å². The molecule has 1 saturated carbocycles. The summed E-state index contributed by atoms with van der Waals surface area (Å²) >= 11 is 0. The Hall–Kier alpha value is -4.27. The molecular weight excluding hydrogens is 452 g/mol. The smallest absolute Gasteiger partial charge is 0.226 e. The fourth-order valence-corrected chi connectivity index (χ4v) is 4.85. The predicted molar refractivity (Wildman–Crippen MR) is 141 cm³/mol. The Morgan fingerprint density at radius 3 is 2.69 bits per heavy atom. The molecule has 9 nitrogen and oxygen atoms in total. The zero-order valence-electron chi connectivity index (χ0n) is 20.6. The van der Waals surface area contributed by atoms with E-state index in [1.807, 2.05) is 54.9 Å². The van der Waals surface area contributed by atoms with Crippen LogP contribution in [0.2, 0.25) is 0 Å². The number of rotatable bonds is 6. The molecule has 0 aliphatic heterocycles. The molecule has 0 atom stereocenters. The summed E-state index contributed by atoms with van der Waals surface area (Å²) in [4.78, 5) is 24.8. The van der Waals surface area contributed by atoms with E-state index in [0.717, 1.165) is 33.8 Å². The van der Waals surface area contributed by atoms with Gasteiger partial charge in [-0.1, -0.05) is 12.8 Å². The monoisotopic (exact) mass is 480 g/mol. The van der Waals surface area contributed by atoms with E-state index in [2.05, 4.69) is 37.2 Å². The second-order valence-electron chi connectivity index (χ2n) is 9.39. The van der Waals surface area contributed by atoms with Crippen LogP contribution in [0.3, 0.4) is 0 Å². The SMILES string of the molecule is Cc1cc(Nc2ncnc3cnc(N(C)C4CCCC4)nc23)ccc1Oc1ccc2c(c1)ncn2C. The highest BCUT2D eigenvalue weighted by atomic mass is 16.5. The second-order valence-corrected chi connectivity index (χ2v) is 9.39. The molecule has 1 N–H and O–H groups in total. The molecule has 2 aromatic carbocycles. The standard InChI is InChI=1S/C27H28N8O/c1-17-12-18(8-11-24(17)36-20-9-10-23-21(13-20)31-16-34(23)2)32-26-25-22(29-15-30-26)14-28-27(33-25)35(3)19-6-4-5-7-19/h8-16,19H,4-7H2,1-3H3,(H,29,30,32). The molecule has 0 unspecified atom stereocenters. The topological polar surface area (TPSA) is 93.9 Å². The van der Waals surface area contributed by atoms with Crippen molar-refractivity contribution < 1.29 is 4.74 Å². The molecule has 36 heavy (non-hydrogen) atoms. The van der Waals surface area contributed by atoms with Crippen molar-refractivity contribution in [1.82, 2.24) is 29.5 Å². The minimum atomic E-state index is 0.483. The number of hydrogen-bond acceptors (Lipinski definition) is 8. The Morgan fingerprint density at radius 1 is 1.00 bits per heavy atom. The first-order valence-electron chi connectivity index (χ1n) is 12.2. The summed E-state index contributed by atoms with van der Waals surface area (Å²) in [5, 5.41) is 3.41. The van der Waals surface area contributed by atoms with Gasteiger partial charge in [-0.25, -0.2) is 24.9 Å². The summed E-state index contributed by atoms with van der Waals surface area (Å²) in [6, 6.07) is 12.4. The number of hydrogen-bond donors (Lipinski definition) is 1. The molecule has 1 aliphatic rings. The van der Waals surface area contributed by atoms with Crippen LogP contribution in [-0.2, 0) is 7.05 Å². The van der Waals surface area contributed by atoms with Gasteiger partial charge in [-0.15, -0.1) is 0 Å². The van der Waals surface area contributed by atoms with Crippen molar-refractivity contribution in [1.29, 1.82) is 0 Å². The fourth-order valence-electron chi connectivity index (χ4n) is 4.85. The van der Waals surface area contributed by atoms with Gasteiger partial charge in [0.2, 0.25) is 5.95 Å². The summed E-state index contributed by atoms with van der Waals surface area (Å²) in [5.74, 6) is 2.89. The maximum atomic E-state index is 6.16. The third-order valence-corrected chi connectivity index (χ3v) is 6.91. The maximum Gasteiger partial charge on any atom is 0.226 e.